The van der Waals surface area contributed by atoms with Gasteiger partial charge in [0.2, 0.25) is 5.91 Å². The quantitative estimate of drug-likeness (QED) is 0.918. The summed E-state index contributed by atoms with van der Waals surface area (Å²) in [6.07, 6.45) is 3.33. The average molecular weight is 272 g/mol. The third-order valence-corrected chi connectivity index (χ3v) is 4.44. The van der Waals surface area contributed by atoms with Crippen LogP contribution < -0.4 is 5.32 Å². The van der Waals surface area contributed by atoms with Gasteiger partial charge < -0.3 is 10.2 Å². The van der Waals surface area contributed by atoms with Crippen molar-refractivity contribution in [1.82, 2.24) is 4.90 Å². The average Bonchev–Trinajstić information content (AvgIpc) is 3.04. The molecule has 0 heterocycles. The molecule has 2 fully saturated rings. The first-order valence-electron chi connectivity index (χ1n) is 7.18. The maximum atomic E-state index is 12.3. The van der Waals surface area contributed by atoms with Crippen molar-refractivity contribution in [1.29, 1.82) is 0 Å². The molecule has 0 aliphatic heterocycles. The molecule has 3 rings (SSSR count). The first-order chi connectivity index (χ1) is 9.56. The Balaban J connectivity index is 1.73. The summed E-state index contributed by atoms with van der Waals surface area (Å²) in [5.74, 6) is 1.67. The van der Waals surface area contributed by atoms with Gasteiger partial charge in [0.1, 0.15) is 0 Å². The van der Waals surface area contributed by atoms with Crippen LogP contribution in [0.4, 0.5) is 5.69 Å². The maximum Gasteiger partial charge on any atom is 0.255 e. The van der Waals surface area contributed by atoms with Crippen LogP contribution in [0.2, 0.25) is 0 Å². The van der Waals surface area contributed by atoms with Gasteiger partial charge in [0, 0.05) is 20.0 Å². The van der Waals surface area contributed by atoms with Gasteiger partial charge in [-0.15, -0.1) is 0 Å². The Hall–Kier alpha value is -1.84. The molecule has 0 aromatic heterocycles. The Morgan fingerprint density at radius 3 is 2.40 bits per heavy atom. The number of amides is 2. The van der Waals surface area contributed by atoms with E-state index in [1.807, 2.05) is 12.1 Å². The number of carbonyl (C=O) groups is 2. The molecule has 0 spiro atoms. The van der Waals surface area contributed by atoms with Crippen molar-refractivity contribution < 1.29 is 9.59 Å². The standard InChI is InChI=1S/C16H20N2O2/c1-18(2)16(20)13-5-3-4-6-14(13)17-15(19)12-8-10-7-11(10)9-12/h3-6,10-12H,7-9H2,1-2H3,(H,17,19). The Labute approximate surface area is 119 Å². The van der Waals surface area contributed by atoms with E-state index < -0.39 is 0 Å². The molecule has 2 amide bonds. The number of hydrogen-bond acceptors (Lipinski definition) is 2. The largest absolute Gasteiger partial charge is 0.345 e. The van der Waals surface area contributed by atoms with Gasteiger partial charge in [-0.1, -0.05) is 12.1 Å². The van der Waals surface area contributed by atoms with E-state index in [0.29, 0.717) is 11.3 Å². The molecule has 20 heavy (non-hydrogen) atoms. The monoisotopic (exact) mass is 272 g/mol. The van der Waals surface area contributed by atoms with Crippen molar-refractivity contribution in [2.75, 3.05) is 19.4 Å². The third kappa shape index (κ3) is 2.42. The molecule has 4 nitrogen and oxygen atoms in total. The first-order valence-corrected chi connectivity index (χ1v) is 7.18. The Morgan fingerprint density at radius 2 is 1.75 bits per heavy atom. The Morgan fingerprint density at radius 1 is 1.10 bits per heavy atom. The normalized spacial score (nSPS) is 26.8. The molecule has 1 N–H and O–H groups in total. The fourth-order valence-corrected chi connectivity index (χ4v) is 3.18. The van der Waals surface area contributed by atoms with Crippen LogP contribution in [-0.4, -0.2) is 30.8 Å². The van der Waals surface area contributed by atoms with Crippen LogP contribution in [0.5, 0.6) is 0 Å². The van der Waals surface area contributed by atoms with E-state index in [2.05, 4.69) is 5.32 Å². The van der Waals surface area contributed by atoms with Crippen LogP contribution in [0.25, 0.3) is 0 Å². The number of benzene rings is 1. The summed E-state index contributed by atoms with van der Waals surface area (Å²) in [5, 5.41) is 2.94. The molecule has 0 bridgehead atoms. The Bertz CT molecular complexity index is 543. The molecule has 2 aliphatic rings. The molecule has 2 aliphatic carbocycles. The number of para-hydroxylation sites is 1. The van der Waals surface area contributed by atoms with Crippen molar-refractivity contribution in [3.63, 3.8) is 0 Å². The van der Waals surface area contributed by atoms with Crippen molar-refractivity contribution in [3.05, 3.63) is 29.8 Å². The summed E-state index contributed by atoms with van der Waals surface area (Å²) >= 11 is 0. The minimum absolute atomic E-state index is 0.0659. The van der Waals surface area contributed by atoms with Crippen LogP contribution in [-0.2, 0) is 4.79 Å². The zero-order chi connectivity index (χ0) is 14.3. The van der Waals surface area contributed by atoms with Crippen LogP contribution in [0.3, 0.4) is 0 Å². The zero-order valence-electron chi connectivity index (χ0n) is 11.9. The highest BCUT2D eigenvalue weighted by Crippen LogP contribution is 2.54. The van der Waals surface area contributed by atoms with E-state index in [0.717, 1.165) is 24.7 Å². The number of rotatable bonds is 3. The number of fused-ring (bicyclic) bond motifs is 1. The molecule has 0 radical (unpaired) electrons. The van der Waals surface area contributed by atoms with E-state index in [1.54, 1.807) is 26.2 Å². The third-order valence-electron chi connectivity index (χ3n) is 4.44. The topological polar surface area (TPSA) is 49.4 Å². The van der Waals surface area contributed by atoms with E-state index in [1.165, 1.54) is 11.3 Å². The Kier molecular flexibility index (Phi) is 3.24. The van der Waals surface area contributed by atoms with Gasteiger partial charge in [0.25, 0.3) is 5.91 Å². The van der Waals surface area contributed by atoms with E-state index in [4.69, 9.17) is 0 Å². The van der Waals surface area contributed by atoms with E-state index in [9.17, 15) is 9.59 Å². The van der Waals surface area contributed by atoms with Crippen molar-refractivity contribution in [2.24, 2.45) is 17.8 Å². The van der Waals surface area contributed by atoms with Gasteiger partial charge in [-0.2, -0.15) is 0 Å². The second-order valence-electron chi connectivity index (χ2n) is 6.16. The fourth-order valence-electron chi connectivity index (χ4n) is 3.18. The molecular weight excluding hydrogens is 252 g/mol. The molecule has 2 saturated carbocycles. The summed E-state index contributed by atoms with van der Waals surface area (Å²) in [5.41, 5.74) is 1.17. The summed E-state index contributed by atoms with van der Waals surface area (Å²) in [6.45, 7) is 0. The maximum absolute atomic E-state index is 12.3. The lowest BCUT2D eigenvalue weighted by Gasteiger charge is -2.17. The van der Waals surface area contributed by atoms with Gasteiger partial charge in [-0.05, 0) is 43.2 Å². The molecule has 2 atom stereocenters. The number of hydrogen-bond donors (Lipinski definition) is 1. The highest BCUT2D eigenvalue weighted by Gasteiger charge is 2.48. The fraction of sp³-hybridized carbons (Fsp3) is 0.500. The van der Waals surface area contributed by atoms with Crippen molar-refractivity contribution >= 4 is 17.5 Å². The van der Waals surface area contributed by atoms with Crippen LogP contribution in [0.1, 0.15) is 29.6 Å². The van der Waals surface area contributed by atoms with Crippen LogP contribution in [0, 0.1) is 17.8 Å². The minimum atomic E-state index is -0.0878. The molecular formula is C16H20N2O2. The van der Waals surface area contributed by atoms with Gasteiger partial charge in [0.05, 0.1) is 11.3 Å². The lowest BCUT2D eigenvalue weighted by molar-refractivity contribution is -0.120. The van der Waals surface area contributed by atoms with Gasteiger partial charge in [-0.25, -0.2) is 0 Å². The summed E-state index contributed by atoms with van der Waals surface area (Å²) < 4.78 is 0. The summed E-state index contributed by atoms with van der Waals surface area (Å²) in [6, 6.07) is 7.21. The first kappa shape index (κ1) is 13.2. The lowest BCUT2D eigenvalue weighted by atomic mass is 10.0. The van der Waals surface area contributed by atoms with Gasteiger partial charge >= 0.3 is 0 Å². The zero-order valence-corrected chi connectivity index (χ0v) is 11.9. The highest BCUT2D eigenvalue weighted by atomic mass is 16.2. The number of carbonyl (C=O) groups excluding carboxylic acids is 2. The van der Waals surface area contributed by atoms with Gasteiger partial charge in [-0.3, -0.25) is 9.59 Å². The number of anilines is 1. The molecule has 4 heteroatoms. The molecule has 0 saturated heterocycles. The van der Waals surface area contributed by atoms with E-state index >= 15 is 0 Å². The predicted octanol–water partition coefficient (Wildman–Crippen LogP) is 2.37. The predicted molar refractivity (Wildman–Crippen MR) is 77.4 cm³/mol. The van der Waals surface area contributed by atoms with Crippen molar-refractivity contribution in [2.45, 2.75) is 19.3 Å². The summed E-state index contributed by atoms with van der Waals surface area (Å²) in [7, 11) is 3.43. The van der Waals surface area contributed by atoms with Crippen LogP contribution in [0.15, 0.2) is 24.3 Å². The second-order valence-corrected chi connectivity index (χ2v) is 6.16. The van der Waals surface area contributed by atoms with Crippen molar-refractivity contribution in [3.8, 4) is 0 Å². The molecule has 106 valence electrons. The minimum Gasteiger partial charge on any atom is -0.345 e. The smallest absolute Gasteiger partial charge is 0.255 e. The second kappa shape index (κ2) is 4.93. The van der Waals surface area contributed by atoms with Gasteiger partial charge in [0.15, 0.2) is 0 Å². The molecule has 1 aromatic rings. The SMILES string of the molecule is CN(C)C(=O)c1ccccc1NC(=O)C1CC2CC2C1. The number of nitrogens with one attached hydrogen (secondary N) is 1. The molecule has 1 aromatic carbocycles. The van der Waals surface area contributed by atoms with E-state index in [-0.39, 0.29) is 17.7 Å². The van der Waals surface area contributed by atoms with Crippen LogP contribution >= 0.6 is 0 Å². The highest BCUT2D eigenvalue weighted by molar-refractivity contribution is 6.04. The molecule has 2 unspecified atom stereocenters. The number of nitrogens with zero attached hydrogens (tertiary/aromatic N) is 1. The lowest BCUT2D eigenvalue weighted by Crippen LogP contribution is -2.26. The summed E-state index contributed by atoms with van der Waals surface area (Å²) in [4.78, 5) is 25.9.